The Morgan fingerprint density at radius 1 is 0.921 bits per heavy atom. The third kappa shape index (κ3) is 8.21. The lowest BCUT2D eigenvalue weighted by Crippen LogP contribution is -2.61. The van der Waals surface area contributed by atoms with Gasteiger partial charge in [-0.3, -0.25) is 19.2 Å². The highest BCUT2D eigenvalue weighted by Crippen LogP contribution is 2.38. The zero-order valence-electron chi connectivity index (χ0n) is 20.7. The Balaban J connectivity index is 1.88. The minimum atomic E-state index is -1.28. The number of hydrogen-bond acceptors (Lipinski definition) is 15. The van der Waals surface area contributed by atoms with Crippen molar-refractivity contribution in [2.45, 2.75) is 62.7 Å². The Morgan fingerprint density at radius 3 is 2.13 bits per heavy atom. The van der Waals surface area contributed by atoms with Crippen LogP contribution in [0.3, 0.4) is 0 Å². The molecule has 38 heavy (non-hydrogen) atoms. The molecule has 1 aliphatic rings. The molecule has 3 rings (SSSR count). The standard InChI is InChI=1S/C22H24N4O9S3/c1-11(27)31-10-16-17(32-12(2)28)18(33-13(3)29)19(34-14(4)30)20(35-16)37-22(36)38-21-23-24-25-26(21)15-8-6-5-7-9-15/h5-9,16-20H,10H2,1-4H3/t16?,17-,18?,19?,20-/m0/s1. The van der Waals surface area contributed by atoms with Crippen molar-refractivity contribution in [3.05, 3.63) is 30.3 Å². The van der Waals surface area contributed by atoms with Crippen LogP contribution >= 0.6 is 35.7 Å². The van der Waals surface area contributed by atoms with E-state index in [1.165, 1.54) is 18.5 Å². The second kappa shape index (κ2) is 13.6. The molecule has 0 N–H and O–H groups in total. The Bertz CT molecular complexity index is 1180. The molecule has 16 heteroatoms. The van der Waals surface area contributed by atoms with E-state index in [1.807, 2.05) is 30.3 Å². The van der Waals surface area contributed by atoms with Crippen LogP contribution in [-0.2, 0) is 42.9 Å². The van der Waals surface area contributed by atoms with E-state index >= 15 is 0 Å². The summed E-state index contributed by atoms with van der Waals surface area (Å²) in [6, 6.07) is 9.14. The summed E-state index contributed by atoms with van der Waals surface area (Å²) in [6.45, 7) is 4.33. The number of carbonyl (C=O) groups excluding carboxylic acids is 4. The van der Waals surface area contributed by atoms with Crippen LogP contribution in [0.5, 0.6) is 0 Å². The Hall–Kier alpha value is -3.08. The minimum Gasteiger partial charge on any atom is -0.463 e. The monoisotopic (exact) mass is 584 g/mol. The largest absolute Gasteiger partial charge is 0.463 e. The molecule has 2 heterocycles. The Kier molecular flexibility index (Phi) is 10.6. The first-order valence-electron chi connectivity index (χ1n) is 11.1. The van der Waals surface area contributed by atoms with Crippen LogP contribution in [0.4, 0.5) is 0 Å². The normalized spacial score (nSPS) is 22.7. The number of rotatable bonds is 8. The van der Waals surface area contributed by atoms with Gasteiger partial charge >= 0.3 is 23.9 Å². The van der Waals surface area contributed by atoms with Gasteiger partial charge in [0.25, 0.3) is 0 Å². The van der Waals surface area contributed by atoms with Crippen molar-refractivity contribution in [3.8, 4) is 5.69 Å². The molecular formula is C22H24N4O9S3. The van der Waals surface area contributed by atoms with Gasteiger partial charge in [0, 0.05) is 27.7 Å². The number of thiocarbonyl (C=S) groups is 1. The summed E-state index contributed by atoms with van der Waals surface area (Å²) in [7, 11) is 0. The number of hydrogen-bond donors (Lipinski definition) is 0. The molecule has 3 unspecified atom stereocenters. The van der Waals surface area contributed by atoms with E-state index in [1.54, 1.807) is 0 Å². The molecule has 5 atom stereocenters. The van der Waals surface area contributed by atoms with E-state index in [0.717, 1.165) is 37.4 Å². The molecule has 0 aliphatic carbocycles. The first-order valence-corrected chi connectivity index (χ1v) is 13.2. The van der Waals surface area contributed by atoms with Crippen molar-refractivity contribution in [3.63, 3.8) is 0 Å². The van der Waals surface area contributed by atoms with E-state index < -0.39 is 53.7 Å². The van der Waals surface area contributed by atoms with E-state index in [-0.39, 0.29) is 10.1 Å². The molecule has 204 valence electrons. The van der Waals surface area contributed by atoms with E-state index in [4.69, 9.17) is 35.9 Å². The summed E-state index contributed by atoms with van der Waals surface area (Å²) >= 11 is 7.58. The van der Waals surface area contributed by atoms with Crippen LogP contribution in [0.2, 0.25) is 0 Å². The Labute approximate surface area is 231 Å². The second-order valence-electron chi connectivity index (χ2n) is 7.75. The number of ether oxygens (including phenoxy) is 5. The molecule has 1 saturated heterocycles. The molecule has 1 aromatic heterocycles. The molecule has 1 aliphatic heterocycles. The van der Waals surface area contributed by atoms with Crippen LogP contribution in [0.15, 0.2) is 35.5 Å². The highest BCUT2D eigenvalue weighted by Gasteiger charge is 2.52. The van der Waals surface area contributed by atoms with E-state index in [9.17, 15) is 19.2 Å². The molecular weight excluding hydrogens is 560 g/mol. The zero-order chi connectivity index (χ0) is 27.8. The van der Waals surface area contributed by atoms with Gasteiger partial charge < -0.3 is 23.7 Å². The average molecular weight is 585 g/mol. The van der Waals surface area contributed by atoms with Gasteiger partial charge in [0.15, 0.2) is 18.3 Å². The van der Waals surface area contributed by atoms with Crippen molar-refractivity contribution < 1.29 is 42.9 Å². The lowest BCUT2D eigenvalue weighted by Gasteiger charge is -2.44. The number of tetrazole rings is 1. The maximum absolute atomic E-state index is 12.0. The summed E-state index contributed by atoms with van der Waals surface area (Å²) in [5, 5.41) is 12.1. The highest BCUT2D eigenvalue weighted by molar-refractivity contribution is 8.47. The van der Waals surface area contributed by atoms with Crippen LogP contribution in [-0.4, -0.2) is 84.1 Å². The number of thioether (sulfide) groups is 2. The van der Waals surface area contributed by atoms with Gasteiger partial charge in [0.1, 0.15) is 21.7 Å². The van der Waals surface area contributed by atoms with Gasteiger partial charge in [-0.1, -0.05) is 42.2 Å². The predicted molar refractivity (Wildman–Crippen MR) is 137 cm³/mol. The molecule has 0 bridgehead atoms. The smallest absolute Gasteiger partial charge is 0.303 e. The van der Waals surface area contributed by atoms with Crippen molar-refractivity contribution in [1.82, 2.24) is 20.2 Å². The van der Waals surface area contributed by atoms with Gasteiger partial charge in [-0.2, -0.15) is 4.68 Å². The maximum Gasteiger partial charge on any atom is 0.303 e. The maximum atomic E-state index is 12.0. The first-order chi connectivity index (χ1) is 18.0. The molecule has 0 saturated carbocycles. The number of nitrogens with zero attached hydrogens (tertiary/aromatic N) is 4. The number of benzene rings is 1. The van der Waals surface area contributed by atoms with E-state index in [2.05, 4.69) is 15.5 Å². The van der Waals surface area contributed by atoms with Crippen molar-refractivity contribution in [2.75, 3.05) is 6.61 Å². The third-order valence-electron chi connectivity index (χ3n) is 4.78. The predicted octanol–water partition coefficient (Wildman–Crippen LogP) is 1.86. The van der Waals surface area contributed by atoms with Crippen LogP contribution in [0.1, 0.15) is 27.7 Å². The van der Waals surface area contributed by atoms with Crippen molar-refractivity contribution >= 4 is 63.1 Å². The summed E-state index contributed by atoms with van der Waals surface area (Å²) < 4.78 is 29.2. The number of esters is 4. The fourth-order valence-corrected chi connectivity index (χ4v) is 5.85. The van der Waals surface area contributed by atoms with Gasteiger partial charge in [-0.05, 0) is 34.3 Å². The summed E-state index contributed by atoms with van der Waals surface area (Å²) in [4.78, 5) is 47.3. The van der Waals surface area contributed by atoms with Crippen LogP contribution in [0, 0.1) is 0 Å². The molecule has 1 fully saturated rings. The van der Waals surface area contributed by atoms with Crippen LogP contribution < -0.4 is 0 Å². The van der Waals surface area contributed by atoms with Gasteiger partial charge in [-0.15, -0.1) is 5.10 Å². The second-order valence-corrected chi connectivity index (χ2v) is 11.0. The summed E-state index contributed by atoms with van der Waals surface area (Å²) in [5.74, 6) is -2.74. The molecule has 0 spiro atoms. The minimum absolute atomic E-state index is 0.276. The topological polar surface area (TPSA) is 158 Å². The fourth-order valence-electron chi connectivity index (χ4n) is 3.45. The lowest BCUT2D eigenvalue weighted by molar-refractivity contribution is -0.237. The number of carbonyl (C=O) groups is 4. The molecule has 2 aromatic rings. The number of para-hydroxylation sites is 1. The van der Waals surface area contributed by atoms with Crippen molar-refractivity contribution in [1.29, 1.82) is 0 Å². The van der Waals surface area contributed by atoms with E-state index in [0.29, 0.717) is 10.8 Å². The summed E-state index contributed by atoms with van der Waals surface area (Å²) in [6.07, 6.45) is -4.83. The SMILES string of the molecule is CC(=O)OCC1O[C@@H](SC(=S)Sc2nnnn2-c2ccccc2)C(OC(C)=O)C(OC(C)=O)[C@H]1OC(C)=O. The van der Waals surface area contributed by atoms with Gasteiger partial charge in [0.2, 0.25) is 5.16 Å². The summed E-state index contributed by atoms with van der Waals surface area (Å²) in [5.41, 5.74) is -0.336. The third-order valence-corrected chi connectivity index (χ3v) is 7.26. The van der Waals surface area contributed by atoms with Gasteiger partial charge in [0.05, 0.1) is 5.69 Å². The molecule has 13 nitrogen and oxygen atoms in total. The quantitative estimate of drug-likeness (QED) is 0.191. The molecule has 1 aromatic carbocycles. The highest BCUT2D eigenvalue weighted by atomic mass is 32.2. The number of aromatic nitrogens is 4. The van der Waals surface area contributed by atoms with Crippen molar-refractivity contribution in [2.24, 2.45) is 0 Å². The molecule has 0 amide bonds. The lowest BCUT2D eigenvalue weighted by atomic mass is 9.99. The Morgan fingerprint density at radius 2 is 1.53 bits per heavy atom. The van der Waals surface area contributed by atoms with Gasteiger partial charge in [-0.25, -0.2) is 0 Å². The average Bonchev–Trinajstić information content (AvgIpc) is 3.29. The molecule has 0 radical (unpaired) electrons. The van der Waals surface area contributed by atoms with Crippen LogP contribution in [0.25, 0.3) is 5.69 Å². The first kappa shape index (κ1) is 29.5. The zero-order valence-corrected chi connectivity index (χ0v) is 23.1. The fraction of sp³-hybridized carbons (Fsp3) is 0.455.